The number of imide groups is 1. The fraction of sp³-hybridized carbons (Fsp3) is 0.370. The maximum absolute atomic E-state index is 13.7. The van der Waals surface area contributed by atoms with Crippen molar-refractivity contribution in [1.82, 2.24) is 25.0 Å². The summed E-state index contributed by atoms with van der Waals surface area (Å²) in [6, 6.07) is 10.6. The van der Waals surface area contributed by atoms with Crippen molar-refractivity contribution in [3.63, 3.8) is 0 Å². The van der Waals surface area contributed by atoms with Crippen molar-refractivity contribution in [3.05, 3.63) is 71.0 Å². The van der Waals surface area contributed by atoms with Gasteiger partial charge in [-0.3, -0.25) is 24.1 Å². The first-order chi connectivity index (χ1) is 18.2. The van der Waals surface area contributed by atoms with Gasteiger partial charge in [-0.2, -0.15) is 5.10 Å². The van der Waals surface area contributed by atoms with Crippen molar-refractivity contribution in [3.8, 4) is 0 Å². The van der Waals surface area contributed by atoms with Gasteiger partial charge in [0.2, 0.25) is 5.91 Å². The summed E-state index contributed by atoms with van der Waals surface area (Å²) in [5.41, 5.74) is 1.66. The van der Waals surface area contributed by atoms with E-state index < -0.39 is 23.9 Å². The van der Waals surface area contributed by atoms with Gasteiger partial charge in [-0.1, -0.05) is 30.7 Å². The second-order valence-corrected chi connectivity index (χ2v) is 9.69. The summed E-state index contributed by atoms with van der Waals surface area (Å²) in [5, 5.41) is 10.9. The molecular weight excluding hydrogens is 506 g/mol. The molecule has 0 unspecified atom stereocenters. The summed E-state index contributed by atoms with van der Waals surface area (Å²) in [5.74, 6) is -0.382. The summed E-state index contributed by atoms with van der Waals surface area (Å²) in [6.07, 6.45) is 4.26. The van der Waals surface area contributed by atoms with Crippen LogP contribution in [0.2, 0.25) is 5.02 Å². The van der Waals surface area contributed by atoms with Gasteiger partial charge in [-0.25, -0.2) is 9.78 Å². The SMILES string of the molecule is CCNc1cc(C[C@H]2C(=O)N(C(=O)N[C@H](CC)c3cccc(Cl)c3)[C@@H]2C(=O)N(C)c2ccn(C)n2)ccn1. The smallest absolute Gasteiger partial charge is 0.325 e. The Morgan fingerprint density at radius 1 is 1.18 bits per heavy atom. The molecule has 0 saturated carbocycles. The van der Waals surface area contributed by atoms with Crippen molar-refractivity contribution in [1.29, 1.82) is 0 Å². The van der Waals surface area contributed by atoms with Gasteiger partial charge in [0, 0.05) is 44.1 Å². The van der Waals surface area contributed by atoms with Crippen molar-refractivity contribution in [2.45, 2.75) is 38.8 Å². The Bertz CT molecular complexity index is 1330. The predicted molar refractivity (Wildman–Crippen MR) is 146 cm³/mol. The van der Waals surface area contributed by atoms with E-state index in [0.717, 1.165) is 16.0 Å². The third kappa shape index (κ3) is 5.65. The number of likely N-dealkylation sites (tertiary alicyclic amines) is 1. The number of nitrogens with zero attached hydrogens (tertiary/aromatic N) is 5. The molecule has 4 amide bonds. The molecule has 0 radical (unpaired) electrons. The number of urea groups is 1. The molecule has 11 heteroatoms. The van der Waals surface area contributed by atoms with Crippen LogP contribution in [0.1, 0.15) is 37.4 Å². The van der Waals surface area contributed by atoms with Crippen molar-refractivity contribution in [2.75, 3.05) is 23.8 Å². The van der Waals surface area contributed by atoms with E-state index in [1.807, 2.05) is 38.1 Å². The van der Waals surface area contributed by atoms with Crippen LogP contribution in [0.4, 0.5) is 16.4 Å². The average molecular weight is 538 g/mol. The van der Waals surface area contributed by atoms with Crippen LogP contribution in [-0.4, -0.2) is 57.1 Å². The van der Waals surface area contributed by atoms with Gasteiger partial charge in [0.25, 0.3) is 5.91 Å². The Balaban J connectivity index is 1.60. The number of hydrogen-bond acceptors (Lipinski definition) is 6. The molecule has 0 spiro atoms. The highest BCUT2D eigenvalue weighted by molar-refractivity contribution is 6.30. The lowest BCUT2D eigenvalue weighted by atomic mass is 9.81. The quantitative estimate of drug-likeness (QED) is 0.402. The van der Waals surface area contributed by atoms with Gasteiger partial charge >= 0.3 is 6.03 Å². The number of halogens is 1. The molecule has 1 aromatic carbocycles. The van der Waals surface area contributed by atoms with Gasteiger partial charge in [0.15, 0.2) is 5.82 Å². The standard InChI is InChI=1S/C27H32ClN7O3/c1-5-21(18-8-7-9-19(28)16-18)31-27(38)35-24(26(37)34(4)23-11-13-33(3)32-23)20(25(35)36)14-17-10-12-30-22(15-17)29-6-2/h7-13,15-16,20-21,24H,5-6,14H2,1-4H3,(H,29,30)(H,31,38)/t20-,21-,24+/m1/s1. The van der Waals surface area contributed by atoms with Crippen LogP contribution in [0.3, 0.4) is 0 Å². The van der Waals surface area contributed by atoms with E-state index in [2.05, 4.69) is 20.7 Å². The first-order valence-electron chi connectivity index (χ1n) is 12.6. The van der Waals surface area contributed by atoms with Crippen LogP contribution in [0.15, 0.2) is 54.9 Å². The Kier molecular flexibility index (Phi) is 8.31. The number of likely N-dealkylation sites (N-methyl/N-ethyl adjacent to an activating group) is 1. The second kappa shape index (κ2) is 11.6. The first kappa shape index (κ1) is 27.1. The van der Waals surface area contributed by atoms with E-state index in [1.165, 1.54) is 4.90 Å². The van der Waals surface area contributed by atoms with Crippen molar-refractivity contribution in [2.24, 2.45) is 13.0 Å². The Labute approximate surface area is 227 Å². The van der Waals surface area contributed by atoms with Gasteiger partial charge < -0.3 is 10.6 Å². The molecule has 1 aliphatic heterocycles. The molecule has 1 fully saturated rings. The minimum atomic E-state index is -0.984. The van der Waals surface area contributed by atoms with Gasteiger partial charge in [-0.15, -0.1) is 0 Å². The van der Waals surface area contributed by atoms with Crippen LogP contribution in [0.5, 0.6) is 0 Å². The molecule has 10 nitrogen and oxygen atoms in total. The molecule has 2 N–H and O–H groups in total. The maximum Gasteiger partial charge on any atom is 0.325 e. The van der Waals surface area contributed by atoms with Crippen molar-refractivity contribution >= 4 is 41.1 Å². The number of β-lactam (4-membered cyclic amide) rings is 1. The Hall–Kier alpha value is -3.92. The zero-order chi connectivity index (χ0) is 27.4. The number of anilines is 2. The number of rotatable bonds is 9. The number of aromatic nitrogens is 3. The molecule has 3 heterocycles. The van der Waals surface area contributed by atoms with Gasteiger partial charge in [-0.05, 0) is 55.2 Å². The molecule has 0 bridgehead atoms. The summed E-state index contributed by atoms with van der Waals surface area (Å²) in [4.78, 5) is 47.2. The van der Waals surface area contributed by atoms with Crippen molar-refractivity contribution < 1.29 is 14.4 Å². The lowest BCUT2D eigenvalue weighted by Crippen LogP contribution is -2.70. The summed E-state index contributed by atoms with van der Waals surface area (Å²) >= 11 is 6.15. The van der Waals surface area contributed by atoms with E-state index in [9.17, 15) is 14.4 Å². The molecule has 3 atom stereocenters. The highest BCUT2D eigenvalue weighted by Gasteiger charge is 2.55. The number of aryl methyl sites for hydroxylation is 1. The van der Waals surface area contributed by atoms with E-state index in [0.29, 0.717) is 36.0 Å². The number of amides is 4. The number of carbonyl (C=O) groups excluding carboxylic acids is 3. The third-order valence-corrected chi connectivity index (χ3v) is 6.89. The summed E-state index contributed by atoms with van der Waals surface area (Å²) in [7, 11) is 3.35. The fourth-order valence-electron chi connectivity index (χ4n) is 4.65. The normalized spacial score (nSPS) is 17.5. The molecule has 1 saturated heterocycles. The highest BCUT2D eigenvalue weighted by Crippen LogP contribution is 2.33. The lowest BCUT2D eigenvalue weighted by Gasteiger charge is -2.45. The Morgan fingerprint density at radius 2 is 1.97 bits per heavy atom. The maximum atomic E-state index is 13.7. The number of nitrogens with one attached hydrogen (secondary N) is 2. The predicted octanol–water partition coefficient (Wildman–Crippen LogP) is 3.79. The third-order valence-electron chi connectivity index (χ3n) is 6.65. The number of pyridine rings is 1. The fourth-order valence-corrected chi connectivity index (χ4v) is 4.84. The minimum Gasteiger partial charge on any atom is -0.370 e. The zero-order valence-electron chi connectivity index (χ0n) is 21.9. The van der Waals surface area contributed by atoms with E-state index in [1.54, 1.807) is 49.4 Å². The minimum absolute atomic E-state index is 0.293. The molecule has 1 aliphatic rings. The zero-order valence-corrected chi connectivity index (χ0v) is 22.6. The number of hydrogen-bond donors (Lipinski definition) is 2. The van der Waals surface area contributed by atoms with E-state index in [4.69, 9.17) is 11.6 Å². The molecule has 0 aliphatic carbocycles. The molecule has 3 aromatic rings. The largest absolute Gasteiger partial charge is 0.370 e. The summed E-state index contributed by atoms with van der Waals surface area (Å²) < 4.78 is 1.59. The summed E-state index contributed by atoms with van der Waals surface area (Å²) in [6.45, 7) is 4.60. The van der Waals surface area contributed by atoms with Gasteiger partial charge in [0.1, 0.15) is 11.9 Å². The number of benzene rings is 1. The van der Waals surface area contributed by atoms with E-state index >= 15 is 0 Å². The second-order valence-electron chi connectivity index (χ2n) is 9.25. The topological polar surface area (TPSA) is 112 Å². The van der Waals surface area contributed by atoms with Crippen LogP contribution < -0.4 is 15.5 Å². The van der Waals surface area contributed by atoms with Crippen LogP contribution in [0, 0.1) is 5.92 Å². The molecule has 4 rings (SSSR count). The average Bonchev–Trinajstić information content (AvgIpc) is 3.34. The first-order valence-corrected chi connectivity index (χ1v) is 13.0. The van der Waals surface area contributed by atoms with Crippen LogP contribution in [-0.2, 0) is 23.1 Å². The molecule has 38 heavy (non-hydrogen) atoms. The monoisotopic (exact) mass is 537 g/mol. The molecular formula is C27H32ClN7O3. The van der Waals surface area contributed by atoms with Crippen LogP contribution >= 0.6 is 11.6 Å². The highest BCUT2D eigenvalue weighted by atomic mass is 35.5. The van der Waals surface area contributed by atoms with Crippen LogP contribution in [0.25, 0.3) is 0 Å². The lowest BCUT2D eigenvalue weighted by molar-refractivity contribution is -0.156. The molecule has 2 aromatic heterocycles. The molecule has 200 valence electrons. The van der Waals surface area contributed by atoms with Gasteiger partial charge in [0.05, 0.1) is 12.0 Å². The van der Waals surface area contributed by atoms with E-state index in [-0.39, 0.29) is 11.9 Å². The Morgan fingerprint density at radius 3 is 2.63 bits per heavy atom. The number of carbonyl (C=O) groups is 3.